The van der Waals surface area contributed by atoms with Crippen molar-refractivity contribution >= 4 is 29.9 Å². The van der Waals surface area contributed by atoms with Gasteiger partial charge in [-0.2, -0.15) is 0 Å². The molecule has 0 radical (unpaired) electrons. The fraction of sp³-hybridized carbons (Fsp3) is 0.350. The number of furan rings is 1. The maximum Gasteiger partial charge on any atom is 0.216 e. The summed E-state index contributed by atoms with van der Waals surface area (Å²) in [6, 6.07) is 10.6. The Labute approximate surface area is 185 Å². The number of aromatic amines is 1. The normalized spacial score (nSPS) is 14.9. The van der Waals surface area contributed by atoms with Gasteiger partial charge in [0.2, 0.25) is 5.82 Å². The molecule has 1 saturated carbocycles. The molecule has 0 atom stereocenters. The van der Waals surface area contributed by atoms with Crippen LogP contribution in [0.3, 0.4) is 0 Å². The molecule has 0 saturated heterocycles. The van der Waals surface area contributed by atoms with Crippen molar-refractivity contribution in [3.63, 3.8) is 0 Å². The Kier molecular flexibility index (Phi) is 6.88. The second kappa shape index (κ2) is 9.38. The molecule has 7 nitrogen and oxygen atoms in total. The maximum atomic E-state index is 14.2. The van der Waals surface area contributed by atoms with Crippen LogP contribution in [-0.4, -0.2) is 34.2 Å². The number of benzene rings is 1. The molecule has 154 valence electrons. The predicted octanol–water partition coefficient (Wildman–Crippen LogP) is 3.61. The molecule has 0 amide bonds. The van der Waals surface area contributed by atoms with Crippen LogP contribution >= 0.6 is 24.0 Å². The molecular weight excluding hydrogens is 486 g/mol. The number of hydrogen-bond acceptors (Lipinski definition) is 4. The van der Waals surface area contributed by atoms with E-state index in [1.54, 1.807) is 24.5 Å². The van der Waals surface area contributed by atoms with Gasteiger partial charge in [-0.1, -0.05) is 18.2 Å². The molecule has 2 heterocycles. The Bertz CT molecular complexity index is 952. The number of guanidine groups is 1. The van der Waals surface area contributed by atoms with Gasteiger partial charge in [-0.05, 0) is 43.5 Å². The van der Waals surface area contributed by atoms with Crippen molar-refractivity contribution in [2.75, 3.05) is 13.1 Å². The average molecular weight is 510 g/mol. The van der Waals surface area contributed by atoms with E-state index in [1.807, 2.05) is 19.1 Å². The number of H-pyrrole nitrogens is 1. The van der Waals surface area contributed by atoms with Gasteiger partial charge in [-0.3, -0.25) is 5.10 Å². The molecule has 9 heteroatoms. The molecule has 4 rings (SSSR count). The summed E-state index contributed by atoms with van der Waals surface area (Å²) in [6.45, 7) is 3.71. The van der Waals surface area contributed by atoms with Crippen molar-refractivity contribution in [3.05, 3.63) is 59.9 Å². The van der Waals surface area contributed by atoms with Gasteiger partial charge in [-0.15, -0.1) is 29.1 Å². The number of hydrogen-bond donors (Lipinski definition) is 3. The summed E-state index contributed by atoms with van der Waals surface area (Å²) in [4.78, 5) is 8.95. The van der Waals surface area contributed by atoms with Crippen LogP contribution in [0.2, 0.25) is 0 Å². The van der Waals surface area contributed by atoms with Crippen molar-refractivity contribution in [1.82, 2.24) is 25.8 Å². The van der Waals surface area contributed by atoms with E-state index in [2.05, 4.69) is 30.8 Å². The lowest BCUT2D eigenvalue weighted by Gasteiger charge is -2.19. The van der Waals surface area contributed by atoms with Crippen molar-refractivity contribution in [2.24, 2.45) is 4.99 Å². The van der Waals surface area contributed by atoms with Gasteiger partial charge in [-0.25, -0.2) is 14.4 Å². The molecule has 1 aromatic carbocycles. The van der Waals surface area contributed by atoms with Crippen LogP contribution in [0.15, 0.2) is 52.1 Å². The van der Waals surface area contributed by atoms with E-state index in [4.69, 9.17) is 4.42 Å². The Morgan fingerprint density at radius 1 is 1.24 bits per heavy atom. The first-order valence-electron chi connectivity index (χ1n) is 9.42. The summed E-state index contributed by atoms with van der Waals surface area (Å²) in [5, 5.41) is 13.6. The monoisotopic (exact) mass is 510 g/mol. The van der Waals surface area contributed by atoms with E-state index in [0.717, 1.165) is 24.9 Å². The second-order valence-electron chi connectivity index (χ2n) is 6.89. The standard InChI is InChI=1S/C20H23FN6O.HI/c1-2-22-19(23-12-17-25-18(27-26-17)16-8-5-11-28-16)24-13-20(9-10-20)14-6-3-4-7-15(14)21;/h3-8,11H,2,9-10,12-13H2,1H3,(H2,22,23,24)(H,25,26,27);1H. The highest BCUT2D eigenvalue weighted by Crippen LogP contribution is 2.48. The third kappa shape index (κ3) is 4.95. The van der Waals surface area contributed by atoms with E-state index in [1.165, 1.54) is 6.07 Å². The summed E-state index contributed by atoms with van der Waals surface area (Å²) < 4.78 is 19.5. The number of rotatable bonds is 7. The van der Waals surface area contributed by atoms with Crippen LogP contribution < -0.4 is 10.6 Å². The molecule has 0 bridgehead atoms. The largest absolute Gasteiger partial charge is 0.461 e. The van der Waals surface area contributed by atoms with E-state index >= 15 is 0 Å². The summed E-state index contributed by atoms with van der Waals surface area (Å²) in [5.74, 6) is 2.28. The van der Waals surface area contributed by atoms with Gasteiger partial charge in [0.05, 0.1) is 6.26 Å². The van der Waals surface area contributed by atoms with E-state index in [9.17, 15) is 4.39 Å². The van der Waals surface area contributed by atoms with E-state index in [-0.39, 0.29) is 35.2 Å². The van der Waals surface area contributed by atoms with Crippen molar-refractivity contribution in [2.45, 2.75) is 31.7 Å². The smallest absolute Gasteiger partial charge is 0.216 e. The molecule has 3 aromatic rings. The number of halogens is 2. The van der Waals surface area contributed by atoms with Gasteiger partial charge in [0.25, 0.3) is 0 Å². The summed E-state index contributed by atoms with van der Waals surface area (Å²) in [5.41, 5.74) is 0.622. The highest BCUT2D eigenvalue weighted by atomic mass is 127. The van der Waals surface area contributed by atoms with Gasteiger partial charge in [0.1, 0.15) is 18.2 Å². The predicted molar refractivity (Wildman–Crippen MR) is 120 cm³/mol. The van der Waals surface area contributed by atoms with E-state index < -0.39 is 0 Å². The summed E-state index contributed by atoms with van der Waals surface area (Å²) in [6.07, 6.45) is 3.52. The Hall–Kier alpha value is -2.43. The van der Waals surface area contributed by atoms with Crippen LogP contribution in [0.25, 0.3) is 11.6 Å². The lowest BCUT2D eigenvalue weighted by molar-refractivity contribution is 0.559. The molecule has 1 aliphatic rings. The minimum absolute atomic E-state index is 0. The maximum absolute atomic E-state index is 14.2. The number of aromatic nitrogens is 3. The van der Waals surface area contributed by atoms with Gasteiger partial charge >= 0.3 is 0 Å². The zero-order chi connectivity index (χ0) is 19.4. The van der Waals surface area contributed by atoms with Crippen LogP contribution in [0.1, 0.15) is 31.2 Å². The molecule has 0 unspecified atom stereocenters. The molecular formula is C20H24FIN6O. The SMILES string of the molecule is CCNC(=NCc1nc(-c2ccco2)n[nH]1)NCC1(c2ccccc2F)CC1.I. The van der Waals surface area contributed by atoms with Crippen molar-refractivity contribution in [1.29, 1.82) is 0 Å². The molecule has 2 aromatic heterocycles. The topological polar surface area (TPSA) is 91.1 Å². The van der Waals surface area contributed by atoms with Gasteiger partial charge in [0, 0.05) is 18.5 Å². The fourth-order valence-electron chi connectivity index (χ4n) is 3.21. The Balaban J connectivity index is 0.00000240. The molecule has 1 aliphatic carbocycles. The van der Waals surface area contributed by atoms with Crippen LogP contribution in [-0.2, 0) is 12.0 Å². The van der Waals surface area contributed by atoms with Crippen LogP contribution in [0.5, 0.6) is 0 Å². The van der Waals surface area contributed by atoms with Crippen molar-refractivity contribution < 1.29 is 8.81 Å². The van der Waals surface area contributed by atoms with Crippen molar-refractivity contribution in [3.8, 4) is 11.6 Å². The van der Waals surface area contributed by atoms with Crippen LogP contribution in [0.4, 0.5) is 4.39 Å². The lowest BCUT2D eigenvalue weighted by Crippen LogP contribution is -2.41. The zero-order valence-corrected chi connectivity index (χ0v) is 18.4. The molecule has 0 spiro atoms. The van der Waals surface area contributed by atoms with Gasteiger partial charge < -0.3 is 15.1 Å². The summed E-state index contributed by atoms with van der Waals surface area (Å²) >= 11 is 0. The Morgan fingerprint density at radius 3 is 2.76 bits per heavy atom. The molecule has 1 fully saturated rings. The second-order valence-corrected chi connectivity index (χ2v) is 6.89. The van der Waals surface area contributed by atoms with E-state index in [0.29, 0.717) is 36.5 Å². The Morgan fingerprint density at radius 2 is 2.07 bits per heavy atom. The molecule has 3 N–H and O–H groups in total. The zero-order valence-electron chi connectivity index (χ0n) is 16.1. The van der Waals surface area contributed by atoms with Crippen LogP contribution in [0, 0.1) is 5.82 Å². The van der Waals surface area contributed by atoms with Gasteiger partial charge in [0.15, 0.2) is 11.7 Å². The molecule has 29 heavy (non-hydrogen) atoms. The average Bonchev–Trinajstić information content (AvgIpc) is 3.10. The number of aliphatic imine (C=N–C) groups is 1. The number of nitrogens with zero attached hydrogens (tertiary/aromatic N) is 3. The third-order valence-electron chi connectivity index (χ3n) is 4.90. The first-order valence-corrected chi connectivity index (χ1v) is 9.42. The number of nitrogens with one attached hydrogen (secondary N) is 3. The third-order valence-corrected chi connectivity index (χ3v) is 4.90. The molecule has 0 aliphatic heterocycles. The first kappa shape index (κ1) is 21.3. The fourth-order valence-corrected chi connectivity index (χ4v) is 3.21. The lowest BCUT2D eigenvalue weighted by atomic mass is 9.95. The quantitative estimate of drug-likeness (QED) is 0.257. The highest BCUT2D eigenvalue weighted by molar-refractivity contribution is 14.0. The summed E-state index contributed by atoms with van der Waals surface area (Å²) in [7, 11) is 0. The minimum Gasteiger partial charge on any atom is -0.461 e. The minimum atomic E-state index is -0.153. The highest BCUT2D eigenvalue weighted by Gasteiger charge is 2.45. The first-order chi connectivity index (χ1) is 13.7.